The number of fused-ring (bicyclic) bond motifs is 1. The van der Waals surface area contributed by atoms with Crippen LogP contribution in [0.4, 0.5) is 5.82 Å². The average Bonchev–Trinajstić information content (AvgIpc) is 3.15. The quantitative estimate of drug-likeness (QED) is 0.915. The van der Waals surface area contributed by atoms with Gasteiger partial charge in [-0.2, -0.15) is 0 Å². The zero-order chi connectivity index (χ0) is 16.4. The number of carbonyl (C=O) groups excluding carboxylic acids is 1. The lowest BCUT2D eigenvalue weighted by atomic mass is 9.83. The molecule has 0 saturated carbocycles. The number of amides is 1. The minimum absolute atomic E-state index is 0.295. The molecule has 2 aromatic rings. The molecule has 2 saturated heterocycles. The molecule has 4 heterocycles. The van der Waals surface area contributed by atoms with Crippen LogP contribution in [0, 0.1) is 5.92 Å². The van der Waals surface area contributed by atoms with Crippen LogP contribution >= 0.6 is 0 Å². The second-order valence-corrected chi connectivity index (χ2v) is 6.58. The highest BCUT2D eigenvalue weighted by Crippen LogP contribution is 2.32. The monoisotopic (exact) mass is 326 g/mol. The van der Waals surface area contributed by atoms with E-state index < -0.39 is 0 Å². The zero-order valence-electron chi connectivity index (χ0n) is 13.6. The first-order chi connectivity index (χ1) is 11.8. The number of rotatable bonds is 4. The Balaban J connectivity index is 1.43. The third-order valence-corrected chi connectivity index (χ3v) is 5.19. The smallest absolute Gasteiger partial charge is 0.222 e. The summed E-state index contributed by atoms with van der Waals surface area (Å²) in [6, 6.07) is 0.349. The van der Waals surface area contributed by atoms with E-state index in [0.717, 1.165) is 50.4 Å². The number of carbonyl (C=O) groups is 1. The van der Waals surface area contributed by atoms with Gasteiger partial charge in [0.1, 0.15) is 5.82 Å². The molecule has 1 N–H and O–H groups in total. The van der Waals surface area contributed by atoms with E-state index in [9.17, 15) is 4.79 Å². The summed E-state index contributed by atoms with van der Waals surface area (Å²) in [5, 5.41) is 0. The fourth-order valence-electron chi connectivity index (χ4n) is 3.97. The zero-order valence-corrected chi connectivity index (χ0v) is 13.6. The van der Waals surface area contributed by atoms with Gasteiger partial charge < -0.3 is 14.8 Å². The van der Waals surface area contributed by atoms with Crippen molar-refractivity contribution in [1.29, 1.82) is 0 Å². The van der Waals surface area contributed by atoms with Crippen molar-refractivity contribution in [1.82, 2.24) is 24.8 Å². The van der Waals surface area contributed by atoms with Gasteiger partial charge in [-0.3, -0.25) is 9.78 Å². The van der Waals surface area contributed by atoms with E-state index in [1.165, 1.54) is 0 Å². The molecule has 0 radical (unpaired) electrons. The van der Waals surface area contributed by atoms with Crippen molar-refractivity contribution in [2.75, 3.05) is 24.5 Å². The molecule has 1 amide bonds. The second kappa shape index (κ2) is 6.59. The van der Waals surface area contributed by atoms with Crippen LogP contribution in [0.3, 0.4) is 0 Å². The Kier molecular flexibility index (Phi) is 4.15. The third-order valence-electron chi connectivity index (χ3n) is 5.19. The fraction of sp³-hybridized carbons (Fsp3) is 0.529. The van der Waals surface area contributed by atoms with Gasteiger partial charge in [-0.1, -0.05) is 0 Å². The Labute approximate surface area is 141 Å². The van der Waals surface area contributed by atoms with E-state index in [2.05, 4.69) is 29.7 Å². The molecule has 24 heavy (non-hydrogen) atoms. The number of nitrogens with zero attached hydrogens (tertiary/aromatic N) is 5. The molecule has 7 heteroatoms. The Hall–Kier alpha value is -2.44. The van der Waals surface area contributed by atoms with E-state index in [1.54, 1.807) is 18.7 Å². The van der Waals surface area contributed by atoms with Crippen molar-refractivity contribution >= 4 is 11.7 Å². The van der Waals surface area contributed by atoms with Crippen molar-refractivity contribution in [3.8, 4) is 0 Å². The molecular weight excluding hydrogens is 304 g/mol. The minimum Gasteiger partial charge on any atom is -0.355 e. The predicted molar refractivity (Wildman–Crippen MR) is 89.4 cm³/mol. The molecule has 7 nitrogen and oxygen atoms in total. The number of anilines is 1. The average molecular weight is 326 g/mol. The van der Waals surface area contributed by atoms with Gasteiger partial charge in [-0.15, -0.1) is 0 Å². The number of likely N-dealkylation sites (tertiary alicyclic amines) is 1. The van der Waals surface area contributed by atoms with Crippen LogP contribution in [-0.2, 0) is 11.2 Å². The van der Waals surface area contributed by atoms with Crippen molar-refractivity contribution < 1.29 is 4.79 Å². The molecule has 126 valence electrons. The highest BCUT2D eigenvalue weighted by molar-refractivity contribution is 5.77. The summed E-state index contributed by atoms with van der Waals surface area (Å²) in [7, 11) is 0. The van der Waals surface area contributed by atoms with Crippen LogP contribution in [0.1, 0.15) is 25.0 Å². The van der Waals surface area contributed by atoms with Gasteiger partial charge in [-0.25, -0.2) is 9.97 Å². The van der Waals surface area contributed by atoms with E-state index in [4.69, 9.17) is 0 Å². The van der Waals surface area contributed by atoms with Crippen LogP contribution in [0.5, 0.6) is 0 Å². The molecule has 0 aromatic carbocycles. The number of nitrogens with one attached hydrogen (secondary N) is 1. The summed E-state index contributed by atoms with van der Waals surface area (Å²) >= 11 is 0. The Morgan fingerprint density at radius 2 is 2.17 bits per heavy atom. The van der Waals surface area contributed by atoms with Crippen LogP contribution in [0.2, 0.25) is 0 Å². The first kappa shape index (κ1) is 15.1. The van der Waals surface area contributed by atoms with Gasteiger partial charge in [0.15, 0.2) is 0 Å². The summed E-state index contributed by atoms with van der Waals surface area (Å²) in [6.45, 7) is 2.65. The maximum absolute atomic E-state index is 12.4. The van der Waals surface area contributed by atoms with Crippen LogP contribution in [0.15, 0.2) is 31.1 Å². The topological polar surface area (TPSA) is 78.0 Å². The predicted octanol–water partition coefficient (Wildman–Crippen LogP) is 1.26. The number of hydrogen-bond donors (Lipinski definition) is 1. The first-order valence-corrected chi connectivity index (χ1v) is 8.59. The van der Waals surface area contributed by atoms with Gasteiger partial charge in [0.25, 0.3) is 0 Å². The Bertz CT molecular complexity index is 674. The number of aromatic amines is 1. The van der Waals surface area contributed by atoms with Crippen LogP contribution in [0.25, 0.3) is 0 Å². The lowest BCUT2D eigenvalue weighted by Crippen LogP contribution is -2.56. The maximum atomic E-state index is 12.4. The normalized spacial score (nSPS) is 24.1. The van der Waals surface area contributed by atoms with Crippen LogP contribution in [-0.4, -0.2) is 56.4 Å². The summed E-state index contributed by atoms with van der Waals surface area (Å²) in [5.74, 6) is 1.75. The van der Waals surface area contributed by atoms with Gasteiger partial charge >= 0.3 is 0 Å². The standard InChI is InChI=1S/C17H22N6O/c24-17-2-1-13-11-22(16-10-18-5-6-20-16)7-4-15(13)23(17)8-3-14-9-19-12-21-14/h5-6,9-10,12-13,15H,1-4,7-8,11H2,(H,19,21)/t13-,15+/m0/s1. The molecular formula is C17H22N6O. The summed E-state index contributed by atoms with van der Waals surface area (Å²) in [5.41, 5.74) is 1.09. The van der Waals surface area contributed by atoms with E-state index in [0.29, 0.717) is 24.3 Å². The number of H-pyrrole nitrogens is 1. The SMILES string of the molecule is O=C1CC[C@H]2CN(c3cnccn3)CC[C@H]2N1CCc1cnc[nH]1. The summed E-state index contributed by atoms with van der Waals surface area (Å²) in [6.07, 6.45) is 12.2. The van der Waals surface area contributed by atoms with Gasteiger partial charge in [0, 0.05) is 62.8 Å². The molecule has 2 aromatic heterocycles. The van der Waals surface area contributed by atoms with Crippen molar-refractivity contribution in [3.63, 3.8) is 0 Å². The van der Waals surface area contributed by atoms with E-state index in [-0.39, 0.29) is 0 Å². The molecule has 4 rings (SSSR count). The number of imidazole rings is 1. The lowest BCUT2D eigenvalue weighted by Gasteiger charge is -2.47. The summed E-state index contributed by atoms with van der Waals surface area (Å²) in [4.78, 5) is 32.6. The van der Waals surface area contributed by atoms with Gasteiger partial charge in [0.2, 0.25) is 5.91 Å². The first-order valence-electron chi connectivity index (χ1n) is 8.59. The largest absolute Gasteiger partial charge is 0.355 e. The molecule has 0 unspecified atom stereocenters. The Morgan fingerprint density at radius 3 is 2.96 bits per heavy atom. The number of hydrogen-bond acceptors (Lipinski definition) is 5. The molecule has 0 aliphatic carbocycles. The number of aromatic nitrogens is 4. The van der Waals surface area contributed by atoms with E-state index >= 15 is 0 Å². The van der Waals surface area contributed by atoms with Crippen LogP contribution < -0.4 is 4.90 Å². The molecule has 2 aliphatic heterocycles. The molecule has 2 atom stereocenters. The summed E-state index contributed by atoms with van der Waals surface area (Å²) < 4.78 is 0. The van der Waals surface area contributed by atoms with E-state index in [1.807, 2.05) is 12.4 Å². The maximum Gasteiger partial charge on any atom is 0.222 e. The van der Waals surface area contributed by atoms with Crippen molar-refractivity contribution in [3.05, 3.63) is 36.8 Å². The lowest BCUT2D eigenvalue weighted by molar-refractivity contribution is -0.139. The highest BCUT2D eigenvalue weighted by atomic mass is 16.2. The van der Waals surface area contributed by atoms with Gasteiger partial charge in [-0.05, 0) is 18.8 Å². The van der Waals surface area contributed by atoms with Crippen molar-refractivity contribution in [2.45, 2.75) is 31.7 Å². The Morgan fingerprint density at radius 1 is 1.21 bits per heavy atom. The molecule has 0 spiro atoms. The minimum atomic E-state index is 0.295. The molecule has 2 aliphatic rings. The van der Waals surface area contributed by atoms with Crippen molar-refractivity contribution in [2.24, 2.45) is 5.92 Å². The number of piperidine rings is 2. The molecule has 0 bridgehead atoms. The highest BCUT2D eigenvalue weighted by Gasteiger charge is 2.39. The second-order valence-electron chi connectivity index (χ2n) is 6.58. The van der Waals surface area contributed by atoms with Gasteiger partial charge in [0.05, 0.1) is 12.5 Å². The molecule has 2 fully saturated rings. The third kappa shape index (κ3) is 2.98. The fourth-order valence-corrected chi connectivity index (χ4v) is 3.97.